The highest BCUT2D eigenvalue weighted by molar-refractivity contribution is 6.31. The standard InChI is InChI=1S/C18H20ClNO2/c1-2-11-20-12-17(21)15-8-4-6-10-18(15)22-13-14-7-3-5-9-16(14)19/h3-10,20H,2,11-13H2,1H3. The van der Waals surface area contributed by atoms with Gasteiger partial charge in [0.2, 0.25) is 0 Å². The third-order valence-corrected chi connectivity index (χ3v) is 3.61. The largest absolute Gasteiger partial charge is 0.488 e. The second kappa shape index (κ2) is 8.57. The van der Waals surface area contributed by atoms with Gasteiger partial charge in [-0.1, -0.05) is 48.9 Å². The van der Waals surface area contributed by atoms with E-state index in [0.29, 0.717) is 29.5 Å². The summed E-state index contributed by atoms with van der Waals surface area (Å²) in [5.74, 6) is 0.619. The van der Waals surface area contributed by atoms with Gasteiger partial charge >= 0.3 is 0 Å². The molecular weight excluding hydrogens is 298 g/mol. The number of nitrogens with one attached hydrogen (secondary N) is 1. The number of rotatable bonds is 8. The quantitative estimate of drug-likeness (QED) is 0.588. The minimum Gasteiger partial charge on any atom is -0.488 e. The first-order valence-electron chi connectivity index (χ1n) is 7.41. The van der Waals surface area contributed by atoms with Crippen molar-refractivity contribution >= 4 is 17.4 Å². The lowest BCUT2D eigenvalue weighted by Crippen LogP contribution is -2.24. The van der Waals surface area contributed by atoms with Gasteiger partial charge in [0.25, 0.3) is 0 Å². The van der Waals surface area contributed by atoms with Crippen molar-refractivity contribution < 1.29 is 9.53 Å². The highest BCUT2D eigenvalue weighted by Gasteiger charge is 2.12. The fourth-order valence-electron chi connectivity index (χ4n) is 2.07. The Labute approximate surface area is 136 Å². The Hall–Kier alpha value is -1.84. The molecule has 0 amide bonds. The van der Waals surface area contributed by atoms with Crippen LogP contribution in [0.1, 0.15) is 29.3 Å². The van der Waals surface area contributed by atoms with Crippen LogP contribution in [-0.4, -0.2) is 18.9 Å². The molecule has 116 valence electrons. The molecule has 2 aromatic rings. The van der Waals surface area contributed by atoms with E-state index in [-0.39, 0.29) is 5.78 Å². The molecule has 0 radical (unpaired) electrons. The first-order valence-corrected chi connectivity index (χ1v) is 7.79. The summed E-state index contributed by atoms with van der Waals surface area (Å²) in [5.41, 5.74) is 1.49. The van der Waals surface area contributed by atoms with E-state index in [9.17, 15) is 4.79 Å². The Kier molecular flexibility index (Phi) is 6.44. The molecule has 4 heteroatoms. The highest BCUT2D eigenvalue weighted by Crippen LogP contribution is 2.22. The fraction of sp³-hybridized carbons (Fsp3) is 0.278. The summed E-state index contributed by atoms with van der Waals surface area (Å²) in [6.07, 6.45) is 0.998. The first-order chi connectivity index (χ1) is 10.7. The number of ether oxygens (including phenoxy) is 1. The molecule has 0 saturated carbocycles. The van der Waals surface area contributed by atoms with Crippen molar-refractivity contribution in [2.24, 2.45) is 0 Å². The molecule has 0 bridgehead atoms. The number of carbonyl (C=O) groups is 1. The van der Waals surface area contributed by atoms with Crippen LogP contribution in [0.25, 0.3) is 0 Å². The second-order valence-corrected chi connectivity index (χ2v) is 5.38. The Morgan fingerprint density at radius 3 is 2.64 bits per heavy atom. The normalized spacial score (nSPS) is 10.5. The summed E-state index contributed by atoms with van der Waals surface area (Å²) in [4.78, 5) is 12.3. The van der Waals surface area contributed by atoms with Crippen LogP contribution in [0.2, 0.25) is 5.02 Å². The SMILES string of the molecule is CCCNCC(=O)c1ccccc1OCc1ccccc1Cl. The molecule has 0 heterocycles. The van der Waals surface area contributed by atoms with Gasteiger partial charge in [0.1, 0.15) is 12.4 Å². The zero-order chi connectivity index (χ0) is 15.8. The van der Waals surface area contributed by atoms with E-state index in [4.69, 9.17) is 16.3 Å². The molecule has 22 heavy (non-hydrogen) atoms. The minimum absolute atomic E-state index is 0.0307. The number of carbonyl (C=O) groups excluding carboxylic acids is 1. The molecule has 0 atom stereocenters. The van der Waals surface area contributed by atoms with E-state index in [1.807, 2.05) is 42.5 Å². The molecule has 0 aliphatic carbocycles. The summed E-state index contributed by atoms with van der Waals surface area (Å²) in [6.45, 7) is 3.55. The Morgan fingerprint density at radius 1 is 1.14 bits per heavy atom. The number of ketones is 1. The predicted molar refractivity (Wildman–Crippen MR) is 89.7 cm³/mol. The number of hydrogen-bond donors (Lipinski definition) is 1. The predicted octanol–water partition coefficient (Wildman–Crippen LogP) is 4.10. The third-order valence-electron chi connectivity index (χ3n) is 3.24. The maximum Gasteiger partial charge on any atom is 0.180 e. The molecule has 1 N–H and O–H groups in total. The van der Waals surface area contributed by atoms with E-state index in [2.05, 4.69) is 12.2 Å². The smallest absolute Gasteiger partial charge is 0.180 e. The van der Waals surface area contributed by atoms with Crippen LogP contribution in [0.3, 0.4) is 0 Å². The van der Waals surface area contributed by atoms with Gasteiger partial charge in [0.15, 0.2) is 5.78 Å². The second-order valence-electron chi connectivity index (χ2n) is 4.98. The third kappa shape index (κ3) is 4.58. The zero-order valence-corrected chi connectivity index (χ0v) is 13.4. The van der Waals surface area contributed by atoms with Crippen LogP contribution < -0.4 is 10.1 Å². The van der Waals surface area contributed by atoms with Crippen molar-refractivity contribution in [3.8, 4) is 5.75 Å². The minimum atomic E-state index is 0.0307. The molecule has 0 saturated heterocycles. The monoisotopic (exact) mass is 317 g/mol. The number of benzene rings is 2. The lowest BCUT2D eigenvalue weighted by Gasteiger charge is -2.12. The van der Waals surface area contributed by atoms with E-state index in [1.54, 1.807) is 6.07 Å². The maximum absolute atomic E-state index is 12.3. The van der Waals surface area contributed by atoms with Gasteiger partial charge in [-0.3, -0.25) is 4.79 Å². The highest BCUT2D eigenvalue weighted by atomic mass is 35.5. The van der Waals surface area contributed by atoms with Gasteiger partial charge in [-0.15, -0.1) is 0 Å². The molecule has 0 spiro atoms. The van der Waals surface area contributed by atoms with E-state index in [0.717, 1.165) is 18.5 Å². The summed E-state index contributed by atoms with van der Waals surface area (Å²) in [6, 6.07) is 14.8. The topological polar surface area (TPSA) is 38.3 Å². The van der Waals surface area contributed by atoms with Gasteiger partial charge in [-0.2, -0.15) is 0 Å². The van der Waals surface area contributed by atoms with Crippen LogP contribution >= 0.6 is 11.6 Å². The lowest BCUT2D eigenvalue weighted by molar-refractivity contribution is 0.0987. The summed E-state index contributed by atoms with van der Waals surface area (Å²) in [7, 11) is 0. The summed E-state index contributed by atoms with van der Waals surface area (Å²) in [5, 5.41) is 3.78. The average Bonchev–Trinajstić information content (AvgIpc) is 2.54. The molecule has 0 unspecified atom stereocenters. The van der Waals surface area contributed by atoms with Crippen LogP contribution in [0, 0.1) is 0 Å². The van der Waals surface area contributed by atoms with Crippen molar-refractivity contribution in [3.05, 3.63) is 64.7 Å². The maximum atomic E-state index is 12.3. The number of Topliss-reactive ketones (excluding diaryl/α,β-unsaturated/α-hetero) is 1. The van der Waals surface area contributed by atoms with E-state index in [1.165, 1.54) is 0 Å². The van der Waals surface area contributed by atoms with Gasteiger partial charge in [-0.05, 0) is 31.2 Å². The Bertz CT molecular complexity index is 628. The zero-order valence-electron chi connectivity index (χ0n) is 12.6. The van der Waals surface area contributed by atoms with Crippen molar-refractivity contribution in [1.29, 1.82) is 0 Å². The number of para-hydroxylation sites is 1. The average molecular weight is 318 g/mol. The van der Waals surface area contributed by atoms with Crippen LogP contribution in [-0.2, 0) is 6.61 Å². The summed E-state index contributed by atoms with van der Waals surface area (Å²) < 4.78 is 5.80. The van der Waals surface area contributed by atoms with Crippen molar-refractivity contribution in [2.75, 3.05) is 13.1 Å². The lowest BCUT2D eigenvalue weighted by atomic mass is 10.1. The molecule has 2 aromatic carbocycles. The van der Waals surface area contributed by atoms with E-state index < -0.39 is 0 Å². The van der Waals surface area contributed by atoms with Gasteiger partial charge in [0, 0.05) is 10.6 Å². The molecule has 3 nitrogen and oxygen atoms in total. The van der Waals surface area contributed by atoms with E-state index >= 15 is 0 Å². The molecule has 0 aromatic heterocycles. The molecule has 0 aliphatic rings. The van der Waals surface area contributed by atoms with Crippen molar-refractivity contribution in [2.45, 2.75) is 20.0 Å². The van der Waals surface area contributed by atoms with Gasteiger partial charge in [0.05, 0.1) is 12.1 Å². The first kappa shape index (κ1) is 16.5. The summed E-state index contributed by atoms with van der Waals surface area (Å²) >= 11 is 6.12. The van der Waals surface area contributed by atoms with Crippen LogP contribution in [0.5, 0.6) is 5.75 Å². The Balaban J connectivity index is 2.05. The van der Waals surface area contributed by atoms with Crippen LogP contribution in [0.4, 0.5) is 0 Å². The molecular formula is C18H20ClNO2. The Morgan fingerprint density at radius 2 is 1.86 bits per heavy atom. The van der Waals surface area contributed by atoms with Crippen molar-refractivity contribution in [3.63, 3.8) is 0 Å². The van der Waals surface area contributed by atoms with Crippen molar-refractivity contribution in [1.82, 2.24) is 5.32 Å². The molecule has 2 rings (SSSR count). The van der Waals surface area contributed by atoms with Gasteiger partial charge < -0.3 is 10.1 Å². The fourth-order valence-corrected chi connectivity index (χ4v) is 2.26. The molecule has 0 fully saturated rings. The van der Waals surface area contributed by atoms with Gasteiger partial charge in [-0.25, -0.2) is 0 Å². The number of halogens is 1. The van der Waals surface area contributed by atoms with Crippen LogP contribution in [0.15, 0.2) is 48.5 Å². The number of hydrogen-bond acceptors (Lipinski definition) is 3. The molecule has 0 aliphatic heterocycles.